The van der Waals surface area contributed by atoms with E-state index in [9.17, 15) is 4.79 Å². The van der Waals surface area contributed by atoms with E-state index < -0.39 is 0 Å². The summed E-state index contributed by atoms with van der Waals surface area (Å²) in [5.41, 5.74) is 1.01. The number of thiazole rings is 1. The fraction of sp³-hybridized carbons (Fsp3) is 0.444. The van der Waals surface area contributed by atoms with Crippen LogP contribution in [0.15, 0.2) is 29.8 Å². The summed E-state index contributed by atoms with van der Waals surface area (Å²) in [6.45, 7) is 1.35. The molecule has 0 aliphatic carbocycles. The number of rotatable bonds is 7. The van der Waals surface area contributed by atoms with Crippen molar-refractivity contribution < 1.29 is 19.0 Å². The summed E-state index contributed by atoms with van der Waals surface area (Å²) in [5.74, 6) is 1.63. The minimum absolute atomic E-state index is 0.0330. The van der Waals surface area contributed by atoms with Gasteiger partial charge in [0.25, 0.3) is 5.19 Å². The molecule has 0 bridgehead atoms. The maximum atomic E-state index is 12.5. The molecule has 3 rings (SSSR count). The zero-order valence-electron chi connectivity index (χ0n) is 14.4. The largest absolute Gasteiger partial charge is 0.497 e. The van der Waals surface area contributed by atoms with E-state index >= 15 is 0 Å². The minimum atomic E-state index is 0.0330. The number of amides is 1. The van der Waals surface area contributed by atoms with Gasteiger partial charge in [0.15, 0.2) is 0 Å². The van der Waals surface area contributed by atoms with Crippen molar-refractivity contribution in [1.82, 2.24) is 9.88 Å². The third-order valence-electron chi connectivity index (χ3n) is 4.28. The molecule has 0 spiro atoms. The molecular formula is C18H22N2O4S. The molecule has 0 saturated carbocycles. The number of likely N-dealkylation sites (tertiary alicyclic amines) is 1. The lowest BCUT2D eigenvalue weighted by molar-refractivity contribution is -0.130. The molecular weight excluding hydrogens is 340 g/mol. The Morgan fingerprint density at radius 1 is 1.36 bits per heavy atom. The number of benzene rings is 1. The zero-order chi connectivity index (χ0) is 17.6. The van der Waals surface area contributed by atoms with Crippen LogP contribution in [0.25, 0.3) is 0 Å². The van der Waals surface area contributed by atoms with Gasteiger partial charge in [0.1, 0.15) is 17.6 Å². The quantitative estimate of drug-likeness (QED) is 0.758. The summed E-state index contributed by atoms with van der Waals surface area (Å²) in [4.78, 5) is 18.5. The lowest BCUT2D eigenvalue weighted by atomic mass is 10.1. The highest BCUT2D eigenvalue weighted by Gasteiger charge is 2.28. The Labute approximate surface area is 151 Å². The van der Waals surface area contributed by atoms with E-state index in [4.69, 9.17) is 14.2 Å². The Morgan fingerprint density at radius 3 is 2.96 bits per heavy atom. The van der Waals surface area contributed by atoms with Gasteiger partial charge in [-0.3, -0.25) is 4.79 Å². The number of hydrogen-bond donors (Lipinski definition) is 0. The van der Waals surface area contributed by atoms with Gasteiger partial charge in [0, 0.05) is 37.0 Å². The van der Waals surface area contributed by atoms with E-state index in [0.29, 0.717) is 24.6 Å². The second-order valence-electron chi connectivity index (χ2n) is 5.84. The number of aryl methyl sites for hydroxylation is 1. The summed E-state index contributed by atoms with van der Waals surface area (Å²) in [6.07, 6.45) is 3.69. The molecule has 0 radical (unpaired) electrons. The molecule has 1 fully saturated rings. The Hall–Kier alpha value is -2.28. The minimum Gasteiger partial charge on any atom is -0.497 e. The predicted molar refractivity (Wildman–Crippen MR) is 95.6 cm³/mol. The topological polar surface area (TPSA) is 60.9 Å². The Balaban J connectivity index is 1.51. The SMILES string of the molecule is COc1ccc(CCC(=O)N2CCC(Oc3nccs3)C2)c(OC)c1. The van der Waals surface area contributed by atoms with Crippen molar-refractivity contribution in [2.45, 2.75) is 25.4 Å². The number of nitrogens with zero attached hydrogens (tertiary/aromatic N) is 2. The molecule has 1 atom stereocenters. The van der Waals surface area contributed by atoms with E-state index in [0.717, 1.165) is 30.0 Å². The summed E-state index contributed by atoms with van der Waals surface area (Å²) in [7, 11) is 3.25. The summed E-state index contributed by atoms with van der Waals surface area (Å²) in [5, 5.41) is 2.55. The fourth-order valence-electron chi connectivity index (χ4n) is 2.92. The first kappa shape index (κ1) is 17.5. The highest BCUT2D eigenvalue weighted by molar-refractivity contribution is 7.11. The maximum Gasteiger partial charge on any atom is 0.273 e. The average Bonchev–Trinajstić information content (AvgIpc) is 3.32. The molecule has 1 aliphatic heterocycles. The van der Waals surface area contributed by atoms with Gasteiger partial charge in [-0.05, 0) is 18.1 Å². The summed E-state index contributed by atoms with van der Waals surface area (Å²) < 4.78 is 16.4. The van der Waals surface area contributed by atoms with Gasteiger partial charge in [-0.15, -0.1) is 0 Å². The molecule has 1 aromatic heterocycles. The van der Waals surface area contributed by atoms with Crippen molar-refractivity contribution in [3.05, 3.63) is 35.3 Å². The van der Waals surface area contributed by atoms with Crippen molar-refractivity contribution in [2.75, 3.05) is 27.3 Å². The zero-order valence-corrected chi connectivity index (χ0v) is 15.3. The number of aromatic nitrogens is 1. The smallest absolute Gasteiger partial charge is 0.273 e. The van der Waals surface area contributed by atoms with Gasteiger partial charge < -0.3 is 19.1 Å². The van der Waals surface area contributed by atoms with Crippen LogP contribution in [0.1, 0.15) is 18.4 Å². The van der Waals surface area contributed by atoms with Crippen molar-refractivity contribution >= 4 is 17.2 Å². The molecule has 1 unspecified atom stereocenters. The highest BCUT2D eigenvalue weighted by atomic mass is 32.1. The monoisotopic (exact) mass is 362 g/mol. The van der Waals surface area contributed by atoms with E-state index in [-0.39, 0.29) is 12.0 Å². The standard InChI is InChI=1S/C18H22N2O4S/c1-22-14-5-3-13(16(11-14)23-2)4-6-17(21)20-9-7-15(12-20)24-18-19-8-10-25-18/h3,5,8,10-11,15H,4,6-7,9,12H2,1-2H3. The van der Waals surface area contributed by atoms with Crippen LogP contribution in [0.2, 0.25) is 0 Å². The first-order chi connectivity index (χ1) is 12.2. The normalized spacial score (nSPS) is 16.7. The molecule has 1 amide bonds. The number of carbonyl (C=O) groups excluding carboxylic acids is 1. The van der Waals surface area contributed by atoms with Gasteiger partial charge in [-0.2, -0.15) is 0 Å². The van der Waals surface area contributed by atoms with Crippen LogP contribution < -0.4 is 14.2 Å². The van der Waals surface area contributed by atoms with E-state index in [2.05, 4.69) is 4.98 Å². The maximum absolute atomic E-state index is 12.5. The van der Waals surface area contributed by atoms with Crippen LogP contribution in [0, 0.1) is 0 Å². The molecule has 2 heterocycles. The van der Waals surface area contributed by atoms with Gasteiger partial charge in [-0.25, -0.2) is 4.98 Å². The fourth-order valence-corrected chi connectivity index (χ4v) is 3.47. The third kappa shape index (κ3) is 4.42. The lowest BCUT2D eigenvalue weighted by Crippen LogP contribution is -2.31. The molecule has 25 heavy (non-hydrogen) atoms. The summed E-state index contributed by atoms with van der Waals surface area (Å²) >= 11 is 1.47. The van der Waals surface area contributed by atoms with Crippen molar-refractivity contribution in [2.24, 2.45) is 0 Å². The van der Waals surface area contributed by atoms with Crippen LogP contribution >= 0.6 is 11.3 Å². The van der Waals surface area contributed by atoms with E-state index in [1.165, 1.54) is 11.3 Å². The predicted octanol–water partition coefficient (Wildman–Crippen LogP) is 2.77. The van der Waals surface area contributed by atoms with Crippen molar-refractivity contribution in [3.63, 3.8) is 0 Å². The number of methoxy groups -OCH3 is 2. The van der Waals surface area contributed by atoms with Gasteiger partial charge in [0.2, 0.25) is 5.91 Å². The van der Waals surface area contributed by atoms with Crippen molar-refractivity contribution in [3.8, 4) is 16.7 Å². The molecule has 1 aliphatic rings. The first-order valence-corrected chi connectivity index (χ1v) is 9.12. The third-order valence-corrected chi connectivity index (χ3v) is 4.94. The van der Waals surface area contributed by atoms with Crippen LogP contribution in [-0.4, -0.2) is 49.2 Å². The van der Waals surface area contributed by atoms with Gasteiger partial charge in [-0.1, -0.05) is 17.4 Å². The van der Waals surface area contributed by atoms with Crippen LogP contribution in [-0.2, 0) is 11.2 Å². The molecule has 1 aromatic carbocycles. The van der Waals surface area contributed by atoms with E-state index in [1.54, 1.807) is 20.4 Å². The molecule has 6 nitrogen and oxygen atoms in total. The van der Waals surface area contributed by atoms with Gasteiger partial charge >= 0.3 is 0 Å². The summed E-state index contributed by atoms with van der Waals surface area (Å²) in [6, 6.07) is 5.67. The van der Waals surface area contributed by atoms with Crippen LogP contribution in [0.4, 0.5) is 0 Å². The van der Waals surface area contributed by atoms with E-state index in [1.807, 2.05) is 28.5 Å². The lowest BCUT2D eigenvalue weighted by Gasteiger charge is -2.17. The Bertz CT molecular complexity index is 705. The Morgan fingerprint density at radius 2 is 2.24 bits per heavy atom. The Kier molecular flexibility index (Phi) is 5.75. The highest BCUT2D eigenvalue weighted by Crippen LogP contribution is 2.26. The number of carbonyl (C=O) groups is 1. The van der Waals surface area contributed by atoms with Crippen LogP contribution in [0.3, 0.4) is 0 Å². The van der Waals surface area contributed by atoms with Crippen molar-refractivity contribution in [1.29, 1.82) is 0 Å². The first-order valence-electron chi connectivity index (χ1n) is 8.24. The molecule has 0 N–H and O–H groups in total. The molecule has 1 saturated heterocycles. The molecule has 134 valence electrons. The molecule has 7 heteroatoms. The van der Waals surface area contributed by atoms with Crippen LogP contribution in [0.5, 0.6) is 16.7 Å². The second kappa shape index (κ2) is 8.20. The average molecular weight is 362 g/mol. The number of hydrogen-bond acceptors (Lipinski definition) is 6. The van der Waals surface area contributed by atoms with Gasteiger partial charge in [0.05, 0.1) is 20.8 Å². The number of ether oxygens (including phenoxy) is 3. The molecule has 2 aromatic rings. The second-order valence-corrected chi connectivity index (χ2v) is 6.70.